The summed E-state index contributed by atoms with van der Waals surface area (Å²) in [5.74, 6) is -0.707. The highest BCUT2D eigenvalue weighted by Gasteiger charge is 2.33. The van der Waals surface area contributed by atoms with Crippen LogP contribution in [0.1, 0.15) is 29.9 Å². The maximum absolute atomic E-state index is 14.0. The lowest BCUT2D eigenvalue weighted by atomic mass is 10.0. The highest BCUT2D eigenvalue weighted by molar-refractivity contribution is 7.13. The molecule has 0 radical (unpaired) electrons. The van der Waals surface area contributed by atoms with Gasteiger partial charge in [-0.15, -0.1) is 11.3 Å². The number of hydrogen-bond acceptors (Lipinski definition) is 6. The van der Waals surface area contributed by atoms with Crippen LogP contribution in [0.3, 0.4) is 0 Å². The van der Waals surface area contributed by atoms with Crippen molar-refractivity contribution in [1.29, 1.82) is 0 Å². The second-order valence-electron chi connectivity index (χ2n) is 8.36. The Hall–Kier alpha value is -4.56. The molecular formula is C29H23N3O4S. The zero-order chi connectivity index (χ0) is 26.1. The van der Waals surface area contributed by atoms with Gasteiger partial charge in [0.05, 0.1) is 29.6 Å². The number of amides is 2. The zero-order valence-electron chi connectivity index (χ0n) is 20.5. The number of fused-ring (bicyclic) bond motifs is 1. The van der Waals surface area contributed by atoms with Gasteiger partial charge in [-0.25, -0.2) is 9.88 Å². The van der Waals surface area contributed by atoms with Gasteiger partial charge in [0, 0.05) is 36.6 Å². The van der Waals surface area contributed by atoms with Gasteiger partial charge in [-0.05, 0) is 36.4 Å². The van der Waals surface area contributed by atoms with E-state index in [1.807, 2.05) is 47.8 Å². The van der Waals surface area contributed by atoms with Crippen LogP contribution in [0.15, 0.2) is 84.4 Å². The first-order valence-corrected chi connectivity index (χ1v) is 12.4. The second kappa shape index (κ2) is 9.83. The van der Waals surface area contributed by atoms with Crippen molar-refractivity contribution in [3.63, 3.8) is 0 Å². The Morgan fingerprint density at radius 1 is 0.892 bits per heavy atom. The van der Waals surface area contributed by atoms with Gasteiger partial charge in [-0.3, -0.25) is 14.4 Å². The first-order chi connectivity index (χ1) is 17.9. The van der Waals surface area contributed by atoms with Crippen LogP contribution in [0, 0.1) is 0 Å². The maximum Gasteiger partial charge on any atom is 0.230 e. The fourth-order valence-corrected chi connectivity index (χ4v) is 5.27. The van der Waals surface area contributed by atoms with Gasteiger partial charge in [-0.2, -0.15) is 0 Å². The number of methoxy groups -OCH3 is 1. The smallest absolute Gasteiger partial charge is 0.230 e. The summed E-state index contributed by atoms with van der Waals surface area (Å²) < 4.78 is 6.95. The predicted molar refractivity (Wildman–Crippen MR) is 144 cm³/mol. The number of thiazole rings is 1. The van der Waals surface area contributed by atoms with Crippen molar-refractivity contribution in [3.8, 4) is 27.6 Å². The normalized spacial score (nSPS) is 10.9. The number of anilines is 1. The number of ether oxygens (including phenoxy) is 1. The van der Waals surface area contributed by atoms with Crippen LogP contribution in [0.2, 0.25) is 0 Å². The highest BCUT2D eigenvalue weighted by Crippen LogP contribution is 2.43. The van der Waals surface area contributed by atoms with E-state index >= 15 is 0 Å². The average Bonchev–Trinajstić information content (AvgIpc) is 3.51. The summed E-state index contributed by atoms with van der Waals surface area (Å²) in [5.41, 5.74) is 3.75. The van der Waals surface area contributed by atoms with E-state index in [0.717, 1.165) is 16.2 Å². The minimum absolute atomic E-state index is 0.206. The van der Waals surface area contributed by atoms with Gasteiger partial charge in [-0.1, -0.05) is 36.4 Å². The molecule has 184 valence electrons. The number of benzene rings is 2. The molecule has 3 aromatic heterocycles. The molecule has 0 saturated heterocycles. The number of pyridine rings is 1. The molecular weight excluding hydrogens is 486 g/mol. The molecule has 2 aromatic carbocycles. The quantitative estimate of drug-likeness (QED) is 0.268. The average molecular weight is 510 g/mol. The molecule has 0 aliphatic rings. The van der Waals surface area contributed by atoms with Gasteiger partial charge in [0.2, 0.25) is 17.6 Å². The molecule has 3 heterocycles. The summed E-state index contributed by atoms with van der Waals surface area (Å²) in [6.45, 7) is 2.62. The predicted octanol–water partition coefficient (Wildman–Crippen LogP) is 5.87. The van der Waals surface area contributed by atoms with E-state index < -0.39 is 11.8 Å². The summed E-state index contributed by atoms with van der Waals surface area (Å²) in [6, 6.07) is 22.0. The van der Waals surface area contributed by atoms with Crippen molar-refractivity contribution in [1.82, 2.24) is 9.38 Å². The molecule has 0 saturated carbocycles. The molecule has 0 atom stereocenters. The van der Waals surface area contributed by atoms with E-state index in [-0.39, 0.29) is 17.2 Å². The van der Waals surface area contributed by atoms with Crippen LogP contribution in [-0.2, 0) is 9.59 Å². The van der Waals surface area contributed by atoms with Crippen molar-refractivity contribution in [3.05, 3.63) is 95.6 Å². The molecule has 0 aliphatic heterocycles. The fourth-order valence-electron chi connectivity index (χ4n) is 4.39. The molecule has 8 heteroatoms. The number of carbonyl (C=O) groups excluding carboxylic acids is 3. The van der Waals surface area contributed by atoms with Crippen LogP contribution in [0.25, 0.3) is 27.3 Å². The minimum Gasteiger partial charge on any atom is -0.497 e. The number of hydrogen-bond donors (Lipinski definition) is 0. The molecule has 37 heavy (non-hydrogen) atoms. The van der Waals surface area contributed by atoms with Crippen LogP contribution in [0.4, 0.5) is 5.69 Å². The van der Waals surface area contributed by atoms with E-state index in [0.29, 0.717) is 27.4 Å². The Kier molecular flexibility index (Phi) is 6.42. The Balaban J connectivity index is 1.81. The summed E-state index contributed by atoms with van der Waals surface area (Å²) >= 11 is 1.39. The van der Waals surface area contributed by atoms with Crippen LogP contribution in [0.5, 0.6) is 5.75 Å². The van der Waals surface area contributed by atoms with Crippen molar-refractivity contribution in [2.45, 2.75) is 13.8 Å². The Morgan fingerprint density at radius 3 is 2.22 bits per heavy atom. The zero-order valence-corrected chi connectivity index (χ0v) is 21.3. The lowest BCUT2D eigenvalue weighted by molar-refractivity contribution is -0.124. The van der Waals surface area contributed by atoms with E-state index in [2.05, 4.69) is 0 Å². The van der Waals surface area contributed by atoms with E-state index in [1.54, 1.807) is 48.0 Å². The number of ketones is 1. The topological polar surface area (TPSA) is 81.0 Å². The number of rotatable bonds is 6. The van der Waals surface area contributed by atoms with Gasteiger partial charge in [0.1, 0.15) is 16.5 Å². The molecule has 0 bridgehead atoms. The summed E-state index contributed by atoms with van der Waals surface area (Å²) in [4.78, 5) is 45.5. The molecule has 0 spiro atoms. The monoisotopic (exact) mass is 509 g/mol. The summed E-state index contributed by atoms with van der Waals surface area (Å²) in [5, 5.41) is 2.52. The van der Waals surface area contributed by atoms with E-state index in [4.69, 9.17) is 9.72 Å². The molecule has 0 aliphatic carbocycles. The summed E-state index contributed by atoms with van der Waals surface area (Å²) in [6.07, 6.45) is 1.75. The van der Waals surface area contributed by atoms with Gasteiger partial charge < -0.3 is 9.14 Å². The lowest BCUT2D eigenvalue weighted by Gasteiger charge is -2.19. The van der Waals surface area contributed by atoms with Gasteiger partial charge >= 0.3 is 0 Å². The van der Waals surface area contributed by atoms with E-state index in [1.165, 1.54) is 25.2 Å². The number of imide groups is 1. The van der Waals surface area contributed by atoms with Crippen molar-refractivity contribution < 1.29 is 19.1 Å². The first-order valence-electron chi connectivity index (χ1n) is 11.5. The fraction of sp³-hybridized carbons (Fsp3) is 0.103. The molecule has 2 amide bonds. The van der Waals surface area contributed by atoms with Gasteiger partial charge in [0.25, 0.3) is 0 Å². The minimum atomic E-state index is -0.492. The SMILES string of the molecule is COc1ccc(C(=O)c2c(N(C(C)=O)C(C)=O)c(-c3nc(-c4ccccc4)cs3)c3ccccn23)cc1. The largest absolute Gasteiger partial charge is 0.497 e. The number of carbonyl (C=O) groups is 3. The third kappa shape index (κ3) is 4.32. The molecule has 5 rings (SSSR count). The molecule has 7 nitrogen and oxygen atoms in total. The van der Waals surface area contributed by atoms with Crippen molar-refractivity contribution in [2.75, 3.05) is 12.0 Å². The third-order valence-corrected chi connectivity index (χ3v) is 6.89. The van der Waals surface area contributed by atoms with Crippen LogP contribution >= 0.6 is 11.3 Å². The first kappa shape index (κ1) is 24.1. The van der Waals surface area contributed by atoms with E-state index in [9.17, 15) is 14.4 Å². The second-order valence-corrected chi connectivity index (χ2v) is 9.22. The summed E-state index contributed by atoms with van der Waals surface area (Å²) in [7, 11) is 1.55. The number of aromatic nitrogens is 2. The number of nitrogens with zero attached hydrogens (tertiary/aromatic N) is 3. The molecule has 5 aromatic rings. The lowest BCUT2D eigenvalue weighted by Crippen LogP contribution is -2.34. The van der Waals surface area contributed by atoms with Crippen molar-refractivity contribution in [2.24, 2.45) is 0 Å². The highest BCUT2D eigenvalue weighted by atomic mass is 32.1. The molecule has 0 fully saturated rings. The Labute approximate surface area is 217 Å². The standard InChI is InChI=1S/C29H23N3O4S/c1-18(33)32(19(2)34)26-25(29-30-23(17-37-29)20-9-5-4-6-10-20)24-11-7-8-16-31(24)27(26)28(35)21-12-14-22(36-3)15-13-21/h4-17H,1-3H3. The molecule has 0 N–H and O–H groups in total. The maximum atomic E-state index is 14.0. The Morgan fingerprint density at radius 2 is 1.57 bits per heavy atom. The Bertz CT molecular complexity index is 1620. The molecule has 0 unspecified atom stereocenters. The van der Waals surface area contributed by atoms with Crippen LogP contribution < -0.4 is 9.64 Å². The third-order valence-electron chi connectivity index (χ3n) is 6.03. The van der Waals surface area contributed by atoms with Crippen LogP contribution in [-0.4, -0.2) is 34.1 Å². The van der Waals surface area contributed by atoms with Gasteiger partial charge in [0.15, 0.2) is 0 Å². The van der Waals surface area contributed by atoms with Crippen molar-refractivity contribution >= 4 is 40.1 Å².